The second kappa shape index (κ2) is 6.42. The van der Waals surface area contributed by atoms with Gasteiger partial charge in [0.2, 0.25) is 0 Å². The number of hydrogen-bond acceptors (Lipinski definition) is 1. The van der Waals surface area contributed by atoms with Crippen LogP contribution in [0.2, 0.25) is 0 Å². The fourth-order valence-corrected chi connectivity index (χ4v) is 3.09. The van der Waals surface area contributed by atoms with E-state index in [2.05, 4.69) is 0 Å². The number of ketones is 1. The van der Waals surface area contributed by atoms with Gasteiger partial charge in [0.25, 0.3) is 0 Å². The number of fused-ring (bicyclic) bond motifs is 1. The Bertz CT molecular complexity index is 221. The van der Waals surface area contributed by atoms with Crippen molar-refractivity contribution in [2.45, 2.75) is 77.0 Å². The predicted octanol–water partition coefficient (Wildman–Crippen LogP) is 4.50. The summed E-state index contributed by atoms with van der Waals surface area (Å²) in [5, 5.41) is 0. The zero-order valence-electron chi connectivity index (χ0n) is 10.5. The Morgan fingerprint density at radius 2 is 1.31 bits per heavy atom. The molecule has 0 spiro atoms. The minimum absolute atomic E-state index is 0.489. The molecule has 0 unspecified atom stereocenters. The molecule has 1 nitrogen and oxygen atoms in total. The quantitative estimate of drug-likeness (QED) is 0.590. The lowest BCUT2D eigenvalue weighted by Gasteiger charge is -2.05. The smallest absolute Gasteiger partial charge is 0.136 e. The molecule has 2 aliphatic carbocycles. The highest BCUT2D eigenvalue weighted by Gasteiger charge is 2.40. The van der Waals surface area contributed by atoms with Crippen LogP contribution in [0.4, 0.5) is 0 Å². The van der Waals surface area contributed by atoms with Crippen LogP contribution >= 0.6 is 0 Å². The molecule has 0 radical (unpaired) electrons. The first-order valence-electron chi connectivity index (χ1n) is 7.40. The third-order valence-corrected chi connectivity index (χ3v) is 4.33. The molecule has 2 atom stereocenters. The SMILES string of the molecule is O=C1CCCCCCCCCCC[C@@H]2C[C@H]12. The molecule has 0 aliphatic heterocycles. The van der Waals surface area contributed by atoms with Gasteiger partial charge in [0.1, 0.15) is 5.78 Å². The minimum atomic E-state index is 0.489. The highest BCUT2D eigenvalue weighted by Crippen LogP contribution is 2.44. The molecule has 0 N–H and O–H groups in total. The van der Waals surface area contributed by atoms with Crippen LogP contribution in [0.25, 0.3) is 0 Å². The van der Waals surface area contributed by atoms with Crippen molar-refractivity contribution in [2.24, 2.45) is 11.8 Å². The molecule has 0 aromatic rings. The minimum Gasteiger partial charge on any atom is -0.299 e. The molecule has 2 saturated carbocycles. The Hall–Kier alpha value is -0.330. The highest BCUT2D eigenvalue weighted by molar-refractivity contribution is 5.83. The summed E-state index contributed by atoms with van der Waals surface area (Å²) in [5.74, 6) is 1.86. The molecule has 0 bridgehead atoms. The van der Waals surface area contributed by atoms with E-state index in [1.807, 2.05) is 0 Å². The van der Waals surface area contributed by atoms with E-state index in [1.54, 1.807) is 0 Å². The van der Waals surface area contributed by atoms with Gasteiger partial charge in [-0.1, -0.05) is 51.4 Å². The molecule has 2 aliphatic rings. The summed E-state index contributed by atoms with van der Waals surface area (Å²) in [7, 11) is 0. The van der Waals surface area contributed by atoms with E-state index in [4.69, 9.17) is 0 Å². The number of Topliss-reactive ketones (excluding diaryl/α,β-unsaturated/α-hetero) is 1. The molecule has 16 heavy (non-hydrogen) atoms. The molecular weight excluding hydrogens is 196 g/mol. The second-order valence-electron chi connectivity index (χ2n) is 5.79. The van der Waals surface area contributed by atoms with Crippen LogP contribution in [0, 0.1) is 11.8 Å². The average Bonchev–Trinajstić information content (AvgIpc) is 3.04. The maximum Gasteiger partial charge on any atom is 0.136 e. The van der Waals surface area contributed by atoms with E-state index >= 15 is 0 Å². The maximum atomic E-state index is 11.8. The van der Waals surface area contributed by atoms with Crippen LogP contribution in [-0.4, -0.2) is 5.78 Å². The topological polar surface area (TPSA) is 17.1 Å². The Morgan fingerprint density at radius 3 is 2.00 bits per heavy atom. The molecule has 2 fully saturated rings. The van der Waals surface area contributed by atoms with Crippen LogP contribution in [0.3, 0.4) is 0 Å². The fourth-order valence-electron chi connectivity index (χ4n) is 3.09. The van der Waals surface area contributed by atoms with Crippen LogP contribution < -0.4 is 0 Å². The number of carbonyl (C=O) groups is 1. The largest absolute Gasteiger partial charge is 0.299 e. The maximum absolute atomic E-state index is 11.8. The van der Waals surface area contributed by atoms with E-state index in [0.717, 1.165) is 18.8 Å². The molecular formula is C15H26O. The second-order valence-corrected chi connectivity index (χ2v) is 5.79. The lowest BCUT2D eigenvalue weighted by molar-refractivity contribution is -0.120. The zero-order chi connectivity index (χ0) is 11.2. The molecule has 0 heterocycles. The number of rotatable bonds is 0. The van der Waals surface area contributed by atoms with Gasteiger partial charge in [0, 0.05) is 12.3 Å². The van der Waals surface area contributed by atoms with E-state index in [1.165, 1.54) is 64.2 Å². The molecule has 0 amide bonds. The van der Waals surface area contributed by atoms with E-state index in [0.29, 0.717) is 11.7 Å². The van der Waals surface area contributed by atoms with Crippen molar-refractivity contribution in [1.82, 2.24) is 0 Å². The molecule has 2 rings (SSSR count). The number of hydrogen-bond donors (Lipinski definition) is 0. The van der Waals surface area contributed by atoms with Crippen LogP contribution in [-0.2, 0) is 4.79 Å². The van der Waals surface area contributed by atoms with Crippen LogP contribution in [0.5, 0.6) is 0 Å². The van der Waals surface area contributed by atoms with Gasteiger partial charge >= 0.3 is 0 Å². The van der Waals surface area contributed by atoms with Crippen molar-refractivity contribution < 1.29 is 4.79 Å². The van der Waals surface area contributed by atoms with Crippen molar-refractivity contribution in [1.29, 1.82) is 0 Å². The molecule has 0 aromatic heterocycles. The first-order valence-corrected chi connectivity index (χ1v) is 7.40. The Labute approximate surface area is 100.0 Å². The number of carbonyl (C=O) groups excluding carboxylic acids is 1. The highest BCUT2D eigenvalue weighted by atomic mass is 16.1. The monoisotopic (exact) mass is 222 g/mol. The summed E-state index contributed by atoms with van der Waals surface area (Å²) >= 11 is 0. The van der Waals surface area contributed by atoms with Gasteiger partial charge in [-0.05, 0) is 25.2 Å². The Morgan fingerprint density at radius 1 is 0.750 bits per heavy atom. The molecule has 0 aromatic carbocycles. The molecule has 1 heteroatoms. The van der Waals surface area contributed by atoms with Crippen molar-refractivity contribution in [3.8, 4) is 0 Å². The summed E-state index contributed by atoms with van der Waals surface area (Å²) in [6, 6.07) is 0. The normalized spacial score (nSPS) is 33.9. The van der Waals surface area contributed by atoms with E-state index in [9.17, 15) is 4.79 Å². The molecule has 0 saturated heterocycles. The first-order chi connectivity index (χ1) is 7.88. The standard InChI is InChI=1S/C15H26O/c16-15-11-9-7-5-3-1-2-4-6-8-10-13-12-14(13)15/h13-14H,1-12H2/t13-,14+/m1/s1. The van der Waals surface area contributed by atoms with Gasteiger partial charge in [0.05, 0.1) is 0 Å². The zero-order valence-corrected chi connectivity index (χ0v) is 10.5. The Kier molecular flexibility index (Phi) is 4.87. The van der Waals surface area contributed by atoms with Crippen molar-refractivity contribution in [3.05, 3.63) is 0 Å². The van der Waals surface area contributed by atoms with E-state index in [-0.39, 0.29) is 0 Å². The lowest BCUT2D eigenvalue weighted by Crippen LogP contribution is -2.02. The van der Waals surface area contributed by atoms with Gasteiger partial charge in [-0.3, -0.25) is 4.79 Å². The molecule has 92 valence electrons. The van der Waals surface area contributed by atoms with Crippen molar-refractivity contribution >= 4 is 5.78 Å². The van der Waals surface area contributed by atoms with Gasteiger partial charge in [0.15, 0.2) is 0 Å². The van der Waals surface area contributed by atoms with Gasteiger partial charge in [-0.2, -0.15) is 0 Å². The van der Waals surface area contributed by atoms with Gasteiger partial charge < -0.3 is 0 Å². The lowest BCUT2D eigenvalue weighted by atomic mass is 10.0. The average molecular weight is 222 g/mol. The summed E-state index contributed by atoms with van der Waals surface area (Å²) in [6.07, 6.45) is 15.6. The first kappa shape index (κ1) is 12.1. The predicted molar refractivity (Wildman–Crippen MR) is 67.4 cm³/mol. The summed E-state index contributed by atoms with van der Waals surface area (Å²) in [4.78, 5) is 11.8. The third kappa shape index (κ3) is 3.92. The third-order valence-electron chi connectivity index (χ3n) is 4.33. The van der Waals surface area contributed by atoms with Crippen LogP contribution in [0.15, 0.2) is 0 Å². The fraction of sp³-hybridized carbons (Fsp3) is 0.933. The van der Waals surface area contributed by atoms with Gasteiger partial charge in [-0.25, -0.2) is 0 Å². The van der Waals surface area contributed by atoms with Crippen molar-refractivity contribution in [2.75, 3.05) is 0 Å². The summed E-state index contributed by atoms with van der Waals surface area (Å²) in [6.45, 7) is 0. The van der Waals surface area contributed by atoms with Gasteiger partial charge in [-0.15, -0.1) is 0 Å². The van der Waals surface area contributed by atoms with E-state index < -0.39 is 0 Å². The van der Waals surface area contributed by atoms with Crippen molar-refractivity contribution in [3.63, 3.8) is 0 Å². The van der Waals surface area contributed by atoms with Crippen LogP contribution in [0.1, 0.15) is 77.0 Å². The summed E-state index contributed by atoms with van der Waals surface area (Å²) < 4.78 is 0. The Balaban J connectivity index is 1.71. The summed E-state index contributed by atoms with van der Waals surface area (Å²) in [5.41, 5.74) is 0.